The summed E-state index contributed by atoms with van der Waals surface area (Å²) >= 11 is 1.63. The van der Waals surface area contributed by atoms with E-state index in [2.05, 4.69) is 15.6 Å². The van der Waals surface area contributed by atoms with Crippen LogP contribution in [0.4, 0.5) is 0 Å². The van der Waals surface area contributed by atoms with Gasteiger partial charge in [-0.15, -0.1) is 0 Å². The fourth-order valence-electron chi connectivity index (χ4n) is 5.34. The van der Waals surface area contributed by atoms with E-state index in [0.29, 0.717) is 49.7 Å². The molecule has 0 fully saturated rings. The van der Waals surface area contributed by atoms with Crippen molar-refractivity contribution >= 4 is 40.4 Å². The number of hydrogen-bond acceptors (Lipinski definition) is 6. The second-order valence-corrected chi connectivity index (χ2v) is 12.2. The highest BCUT2D eigenvalue weighted by molar-refractivity contribution is 7.98. The molecule has 0 spiro atoms. The first-order chi connectivity index (χ1) is 20.8. The summed E-state index contributed by atoms with van der Waals surface area (Å²) in [4.78, 5) is 50.2. The molecule has 2 aromatic heterocycles. The van der Waals surface area contributed by atoms with Gasteiger partial charge >= 0.3 is 0 Å². The number of fused-ring (bicyclic) bond motifs is 2. The van der Waals surface area contributed by atoms with Crippen molar-refractivity contribution in [3.8, 4) is 11.4 Å². The Labute approximate surface area is 256 Å². The molecular formula is C32H39N7O3S. The molecule has 0 bridgehead atoms. The smallest absolute Gasteiger partial charge is 0.253 e. The fraction of sp³-hybridized carbons (Fsp3) is 0.406. The van der Waals surface area contributed by atoms with Crippen molar-refractivity contribution in [3.05, 3.63) is 72.2 Å². The molecule has 4 aromatic rings. The number of amides is 3. The number of aromatic nitrogens is 4. The second-order valence-electron chi connectivity index (χ2n) is 11.2. The van der Waals surface area contributed by atoms with Crippen LogP contribution in [0.25, 0.3) is 22.3 Å². The van der Waals surface area contributed by atoms with Crippen LogP contribution < -0.4 is 10.6 Å². The normalized spacial score (nSPS) is 18.7. The van der Waals surface area contributed by atoms with Gasteiger partial charge in [0.1, 0.15) is 6.04 Å². The van der Waals surface area contributed by atoms with Gasteiger partial charge in [0.2, 0.25) is 11.8 Å². The van der Waals surface area contributed by atoms with Crippen molar-refractivity contribution < 1.29 is 14.4 Å². The molecular weight excluding hydrogens is 562 g/mol. The van der Waals surface area contributed by atoms with Crippen molar-refractivity contribution in [2.75, 3.05) is 25.1 Å². The van der Waals surface area contributed by atoms with E-state index in [1.165, 1.54) is 0 Å². The van der Waals surface area contributed by atoms with E-state index in [9.17, 15) is 14.4 Å². The zero-order valence-corrected chi connectivity index (χ0v) is 25.7. The van der Waals surface area contributed by atoms with Gasteiger partial charge < -0.3 is 20.5 Å². The van der Waals surface area contributed by atoms with E-state index >= 15 is 0 Å². The molecule has 43 heavy (non-hydrogen) atoms. The Morgan fingerprint density at radius 3 is 2.63 bits per heavy atom. The third-order valence-corrected chi connectivity index (χ3v) is 8.38. The van der Waals surface area contributed by atoms with Crippen molar-refractivity contribution in [3.63, 3.8) is 0 Å². The molecule has 10 nitrogen and oxygen atoms in total. The van der Waals surface area contributed by atoms with Crippen LogP contribution in [0.5, 0.6) is 0 Å². The summed E-state index contributed by atoms with van der Waals surface area (Å²) in [6, 6.07) is 16.2. The van der Waals surface area contributed by atoms with Crippen LogP contribution >= 0.6 is 11.8 Å². The first kappa shape index (κ1) is 30.3. The lowest BCUT2D eigenvalue weighted by Crippen LogP contribution is -2.49. The molecule has 3 amide bonds. The fourth-order valence-corrected chi connectivity index (χ4v) is 5.81. The minimum Gasteiger partial charge on any atom is -0.361 e. The average Bonchev–Trinajstić information content (AvgIpc) is 3.66. The number of aromatic amines is 1. The first-order valence-electron chi connectivity index (χ1n) is 14.8. The molecule has 1 aliphatic heterocycles. The summed E-state index contributed by atoms with van der Waals surface area (Å²) in [6.07, 6.45) is 5.02. The molecule has 0 radical (unpaired) electrons. The Kier molecular flexibility index (Phi) is 9.81. The molecule has 5 rings (SSSR count). The lowest BCUT2D eigenvalue weighted by atomic mass is 10.0. The number of hydrogen-bond donors (Lipinski definition) is 3. The summed E-state index contributed by atoms with van der Waals surface area (Å²) in [6.45, 7) is 5.19. The van der Waals surface area contributed by atoms with Gasteiger partial charge in [0.15, 0.2) is 11.6 Å². The van der Waals surface area contributed by atoms with Crippen LogP contribution in [-0.2, 0) is 16.1 Å². The van der Waals surface area contributed by atoms with Gasteiger partial charge in [-0.1, -0.05) is 44.2 Å². The Bertz CT molecular complexity index is 1570. The number of carbonyl (C=O) groups is 3. The van der Waals surface area contributed by atoms with Gasteiger partial charge in [0.05, 0.1) is 12.6 Å². The van der Waals surface area contributed by atoms with Crippen LogP contribution in [-0.4, -0.2) is 73.5 Å². The molecule has 2 aromatic carbocycles. The summed E-state index contributed by atoms with van der Waals surface area (Å²) in [5, 5.41) is 12.0. The Hall–Kier alpha value is -4.12. The van der Waals surface area contributed by atoms with Gasteiger partial charge in [0, 0.05) is 47.7 Å². The van der Waals surface area contributed by atoms with E-state index in [-0.39, 0.29) is 30.1 Å². The Balaban J connectivity index is 1.51. The molecule has 3 heterocycles. The van der Waals surface area contributed by atoms with E-state index in [4.69, 9.17) is 10.1 Å². The largest absolute Gasteiger partial charge is 0.361 e. The van der Waals surface area contributed by atoms with Crippen molar-refractivity contribution in [2.45, 2.75) is 51.7 Å². The monoisotopic (exact) mass is 601 g/mol. The van der Waals surface area contributed by atoms with E-state index in [1.807, 2.05) is 85.6 Å². The lowest BCUT2D eigenvalue weighted by molar-refractivity contribution is -0.129. The number of benzene rings is 2. The minimum atomic E-state index is -0.667. The molecule has 226 valence electrons. The van der Waals surface area contributed by atoms with E-state index < -0.39 is 12.1 Å². The Morgan fingerprint density at radius 2 is 1.86 bits per heavy atom. The highest BCUT2D eigenvalue weighted by Gasteiger charge is 2.30. The molecule has 0 aliphatic carbocycles. The van der Waals surface area contributed by atoms with Crippen molar-refractivity contribution in [2.24, 2.45) is 5.92 Å². The minimum absolute atomic E-state index is 0.00820. The topological polar surface area (TPSA) is 125 Å². The molecule has 0 unspecified atom stereocenters. The Morgan fingerprint density at radius 1 is 1.05 bits per heavy atom. The molecule has 0 saturated heterocycles. The van der Waals surface area contributed by atoms with Crippen LogP contribution in [0.3, 0.4) is 0 Å². The molecule has 1 aliphatic rings. The highest BCUT2D eigenvalue weighted by Crippen LogP contribution is 2.25. The SMILES string of the molecule is CSCC[C@@H]1NC(=O)CCCN(C(=O)c2ccc3[nH]ccc3c2)CCn2nc(-c3ccccc3)nc2[C@@H](C(C)C)NC1=O. The van der Waals surface area contributed by atoms with Crippen LogP contribution in [0.2, 0.25) is 0 Å². The van der Waals surface area contributed by atoms with Gasteiger partial charge in [-0.2, -0.15) is 16.9 Å². The molecule has 11 heteroatoms. The van der Waals surface area contributed by atoms with Gasteiger partial charge in [-0.3, -0.25) is 14.4 Å². The van der Waals surface area contributed by atoms with E-state index in [1.54, 1.807) is 16.7 Å². The quantitative estimate of drug-likeness (QED) is 0.301. The third kappa shape index (κ3) is 7.27. The summed E-state index contributed by atoms with van der Waals surface area (Å²) in [5.74, 6) is 1.37. The molecule has 2 atom stereocenters. The maximum atomic E-state index is 13.8. The predicted molar refractivity (Wildman–Crippen MR) is 170 cm³/mol. The van der Waals surface area contributed by atoms with Gasteiger partial charge in [-0.25, -0.2) is 9.67 Å². The zero-order valence-electron chi connectivity index (χ0n) is 24.9. The number of nitrogens with one attached hydrogen (secondary N) is 3. The summed E-state index contributed by atoms with van der Waals surface area (Å²) < 4.78 is 1.82. The standard InChI is InChI=1S/C32H39N7O3S/c1-21(2)28-30-36-29(22-8-5-4-6-9-22)37-39(30)18-17-38(32(42)24-11-12-25-23(20-24)13-15-33-25)16-7-10-27(40)34-26(14-19-43-3)31(41)35-28/h4-6,8-9,11-13,15,20-21,26,28,33H,7,10,14,16-19H2,1-3H3,(H,34,40)(H,35,41)/t26-,28+/m0/s1. The predicted octanol–water partition coefficient (Wildman–Crippen LogP) is 4.41. The summed E-state index contributed by atoms with van der Waals surface area (Å²) in [5.41, 5.74) is 2.42. The summed E-state index contributed by atoms with van der Waals surface area (Å²) in [7, 11) is 0. The van der Waals surface area contributed by atoms with E-state index in [0.717, 1.165) is 22.2 Å². The lowest BCUT2D eigenvalue weighted by Gasteiger charge is -2.28. The average molecular weight is 602 g/mol. The van der Waals surface area contributed by atoms with Gasteiger partial charge in [-0.05, 0) is 55.0 Å². The van der Waals surface area contributed by atoms with Crippen molar-refractivity contribution in [1.29, 1.82) is 0 Å². The number of nitrogens with zero attached hydrogens (tertiary/aromatic N) is 4. The van der Waals surface area contributed by atoms with Crippen LogP contribution in [0.15, 0.2) is 60.8 Å². The second kappa shape index (κ2) is 13.9. The maximum absolute atomic E-state index is 13.8. The van der Waals surface area contributed by atoms with Gasteiger partial charge in [0.25, 0.3) is 5.91 Å². The van der Waals surface area contributed by atoms with Crippen molar-refractivity contribution in [1.82, 2.24) is 35.3 Å². The highest BCUT2D eigenvalue weighted by atomic mass is 32.2. The first-order valence-corrected chi connectivity index (χ1v) is 16.2. The maximum Gasteiger partial charge on any atom is 0.253 e. The van der Waals surface area contributed by atoms with Crippen LogP contribution in [0, 0.1) is 5.92 Å². The zero-order chi connectivity index (χ0) is 30.3. The number of thioether (sulfide) groups is 1. The number of H-pyrrole nitrogens is 1. The molecule has 3 N–H and O–H groups in total. The van der Waals surface area contributed by atoms with Crippen LogP contribution in [0.1, 0.15) is 55.3 Å². The molecule has 0 saturated carbocycles. The number of rotatable bonds is 6. The third-order valence-electron chi connectivity index (χ3n) is 7.74. The number of carbonyl (C=O) groups excluding carboxylic acids is 3.